The highest BCUT2D eigenvalue weighted by atomic mass is 32.2. The van der Waals surface area contributed by atoms with Gasteiger partial charge in [0, 0.05) is 0 Å². The first-order valence-electron chi connectivity index (χ1n) is 3.60. The molecule has 0 aromatic rings. The fourth-order valence-electron chi connectivity index (χ4n) is 0.516. The molecule has 0 saturated carbocycles. The van der Waals surface area contributed by atoms with Gasteiger partial charge in [0.25, 0.3) is 10.1 Å². The lowest BCUT2D eigenvalue weighted by molar-refractivity contribution is -0.112. The van der Waals surface area contributed by atoms with Crippen LogP contribution in [0.2, 0.25) is 0 Å². The maximum Gasteiger partial charge on any atom is 0.267 e. The largest absolute Gasteiger partial charge is 0.378 e. The van der Waals surface area contributed by atoms with Gasteiger partial charge in [-0.05, 0) is 0 Å². The molecule has 0 aromatic heterocycles. The lowest BCUT2D eigenvalue weighted by atomic mass is 10.7. The van der Waals surface area contributed by atoms with E-state index in [0.717, 1.165) is 0 Å². The van der Waals surface area contributed by atoms with Crippen molar-refractivity contribution in [2.75, 3.05) is 32.2 Å². The number of rotatable bonds is 8. The number of carbonyl (C=O) groups is 1. The molecule has 1 N–H and O–H groups in total. The summed E-state index contributed by atoms with van der Waals surface area (Å²) in [6.07, 6.45) is 0.609. The first kappa shape index (κ1) is 12.5. The predicted molar refractivity (Wildman–Crippen MR) is 44.1 cm³/mol. The van der Waals surface area contributed by atoms with Crippen LogP contribution in [0.25, 0.3) is 0 Å². The first-order chi connectivity index (χ1) is 6.06. The van der Waals surface area contributed by atoms with E-state index in [9.17, 15) is 13.2 Å². The van der Waals surface area contributed by atoms with Crippen molar-refractivity contribution in [2.24, 2.45) is 0 Å². The van der Waals surface area contributed by atoms with E-state index in [4.69, 9.17) is 14.0 Å². The molecule has 6 nitrogen and oxygen atoms in total. The van der Waals surface area contributed by atoms with E-state index in [1.165, 1.54) is 0 Å². The van der Waals surface area contributed by atoms with E-state index in [2.05, 4.69) is 0 Å². The van der Waals surface area contributed by atoms with Crippen molar-refractivity contribution in [3.8, 4) is 0 Å². The monoisotopic (exact) mass is 212 g/mol. The summed E-state index contributed by atoms with van der Waals surface area (Å²) in [5.41, 5.74) is 0. The molecule has 0 aromatic carbocycles. The predicted octanol–water partition coefficient (Wildman–Crippen LogP) is -0.894. The van der Waals surface area contributed by atoms with E-state index < -0.39 is 15.9 Å². The molecule has 7 heteroatoms. The fourth-order valence-corrected chi connectivity index (χ4v) is 0.844. The Balaban J connectivity index is 3.13. The summed E-state index contributed by atoms with van der Waals surface area (Å²) in [6.45, 7) is 0.346. The van der Waals surface area contributed by atoms with Crippen LogP contribution in [0.15, 0.2) is 0 Å². The van der Waals surface area contributed by atoms with Gasteiger partial charge in [-0.2, -0.15) is 8.42 Å². The summed E-state index contributed by atoms with van der Waals surface area (Å²) in [5.74, 6) is -0.430. The van der Waals surface area contributed by atoms with Gasteiger partial charge in [-0.25, -0.2) is 0 Å². The highest BCUT2D eigenvalue weighted by molar-refractivity contribution is 7.85. The van der Waals surface area contributed by atoms with Gasteiger partial charge in [-0.3, -0.25) is 4.55 Å². The van der Waals surface area contributed by atoms with E-state index >= 15 is 0 Å². The maximum atomic E-state index is 10.2. The van der Waals surface area contributed by atoms with Gasteiger partial charge in [-0.15, -0.1) is 0 Å². The van der Waals surface area contributed by atoms with Crippen molar-refractivity contribution in [2.45, 2.75) is 0 Å². The molecule has 78 valence electrons. The van der Waals surface area contributed by atoms with Gasteiger partial charge in [0.2, 0.25) is 0 Å². The summed E-state index contributed by atoms with van der Waals surface area (Å²) < 4.78 is 38.1. The van der Waals surface area contributed by atoms with Crippen LogP contribution in [0, 0.1) is 0 Å². The number of aldehydes is 1. The van der Waals surface area contributed by atoms with Gasteiger partial charge in [0.15, 0.2) is 0 Å². The quantitative estimate of drug-likeness (QED) is 0.319. The second-order valence-electron chi connectivity index (χ2n) is 2.14. The van der Waals surface area contributed by atoms with Crippen LogP contribution in [-0.2, 0) is 24.4 Å². The first-order valence-corrected chi connectivity index (χ1v) is 5.21. The van der Waals surface area contributed by atoms with Crippen LogP contribution in [0.3, 0.4) is 0 Å². The molecule has 0 aliphatic heterocycles. The second kappa shape index (κ2) is 6.96. The molecule has 0 amide bonds. The Morgan fingerprint density at radius 3 is 2.31 bits per heavy atom. The SMILES string of the molecule is O=CCOCCOCCS(=O)(=O)O. The maximum absolute atomic E-state index is 10.2. The minimum atomic E-state index is -3.94. The van der Waals surface area contributed by atoms with Gasteiger partial charge in [-0.1, -0.05) is 0 Å². The lowest BCUT2D eigenvalue weighted by Crippen LogP contribution is -2.13. The zero-order chi connectivity index (χ0) is 10.2. The van der Waals surface area contributed by atoms with Crippen LogP contribution in [0.5, 0.6) is 0 Å². The van der Waals surface area contributed by atoms with Crippen LogP contribution in [-0.4, -0.2) is 51.4 Å². The Morgan fingerprint density at radius 2 is 1.77 bits per heavy atom. The zero-order valence-corrected chi connectivity index (χ0v) is 7.83. The van der Waals surface area contributed by atoms with Crippen molar-refractivity contribution in [3.63, 3.8) is 0 Å². The third-order valence-electron chi connectivity index (χ3n) is 1.04. The molecular weight excluding hydrogens is 200 g/mol. The molecule has 0 aliphatic rings. The third kappa shape index (κ3) is 11.5. The Morgan fingerprint density at radius 1 is 1.15 bits per heavy atom. The van der Waals surface area contributed by atoms with Crippen molar-refractivity contribution >= 4 is 16.4 Å². The van der Waals surface area contributed by atoms with Gasteiger partial charge in [0.05, 0.1) is 25.6 Å². The zero-order valence-electron chi connectivity index (χ0n) is 7.01. The van der Waals surface area contributed by atoms with E-state index in [-0.39, 0.29) is 26.4 Å². The molecule has 0 unspecified atom stereocenters. The van der Waals surface area contributed by atoms with E-state index in [0.29, 0.717) is 6.29 Å². The number of hydrogen-bond acceptors (Lipinski definition) is 5. The Labute approximate surface area is 76.6 Å². The molecule has 0 heterocycles. The molecule has 13 heavy (non-hydrogen) atoms. The van der Waals surface area contributed by atoms with E-state index in [1.54, 1.807) is 0 Å². The molecule has 0 spiro atoms. The normalized spacial score (nSPS) is 11.5. The van der Waals surface area contributed by atoms with Gasteiger partial charge in [0.1, 0.15) is 12.9 Å². The number of ether oxygens (including phenoxy) is 2. The van der Waals surface area contributed by atoms with Crippen molar-refractivity contribution < 1.29 is 27.2 Å². The Kier molecular flexibility index (Phi) is 6.69. The van der Waals surface area contributed by atoms with Gasteiger partial charge < -0.3 is 14.3 Å². The summed E-state index contributed by atoms with van der Waals surface area (Å²) in [4.78, 5) is 9.75. The minimum Gasteiger partial charge on any atom is -0.378 e. The number of carbonyl (C=O) groups excluding carboxylic acids is 1. The molecule has 0 bridgehead atoms. The molecule has 0 fully saturated rings. The summed E-state index contributed by atoms with van der Waals surface area (Å²) in [6, 6.07) is 0. The molecule has 0 radical (unpaired) electrons. The molecule has 0 saturated heterocycles. The highest BCUT2D eigenvalue weighted by Gasteiger charge is 2.02. The molecule has 0 rings (SSSR count). The Hall–Kier alpha value is -0.500. The minimum absolute atomic E-state index is 0.00165. The Bertz CT molecular complexity index is 221. The molecule has 0 atom stereocenters. The molecule has 0 aliphatic carbocycles. The smallest absolute Gasteiger partial charge is 0.267 e. The third-order valence-corrected chi connectivity index (χ3v) is 1.73. The second-order valence-corrected chi connectivity index (χ2v) is 3.71. The van der Waals surface area contributed by atoms with Gasteiger partial charge >= 0.3 is 0 Å². The summed E-state index contributed by atoms with van der Waals surface area (Å²) in [5, 5.41) is 0. The topological polar surface area (TPSA) is 89.9 Å². The van der Waals surface area contributed by atoms with E-state index in [1.807, 2.05) is 0 Å². The highest BCUT2D eigenvalue weighted by Crippen LogP contribution is 1.83. The van der Waals surface area contributed by atoms with Crippen LogP contribution in [0.1, 0.15) is 0 Å². The number of hydrogen-bond donors (Lipinski definition) is 1. The van der Waals surface area contributed by atoms with Crippen LogP contribution in [0.4, 0.5) is 0 Å². The lowest BCUT2D eigenvalue weighted by Gasteiger charge is -2.01. The van der Waals surface area contributed by atoms with Crippen LogP contribution < -0.4 is 0 Å². The van der Waals surface area contributed by atoms with Crippen molar-refractivity contribution in [3.05, 3.63) is 0 Å². The van der Waals surface area contributed by atoms with Crippen molar-refractivity contribution in [1.29, 1.82) is 0 Å². The average molecular weight is 212 g/mol. The standard InChI is InChI=1S/C6H12O6S/c7-1-2-11-3-4-12-5-6-13(8,9)10/h1H,2-6H2,(H,8,9,10). The van der Waals surface area contributed by atoms with Crippen LogP contribution >= 0.6 is 0 Å². The van der Waals surface area contributed by atoms with Crippen molar-refractivity contribution in [1.82, 2.24) is 0 Å². The summed E-state index contributed by atoms with van der Waals surface area (Å²) in [7, 11) is -3.94. The average Bonchev–Trinajstić information content (AvgIpc) is 2.01. The fraction of sp³-hybridized carbons (Fsp3) is 0.833. The summed E-state index contributed by atoms with van der Waals surface area (Å²) >= 11 is 0. The molecular formula is C6H12O6S.